The van der Waals surface area contributed by atoms with Crippen LogP contribution in [0.25, 0.3) is 16.7 Å². The van der Waals surface area contributed by atoms with Crippen molar-refractivity contribution >= 4 is 32.7 Å². The van der Waals surface area contributed by atoms with Crippen LogP contribution in [0.1, 0.15) is 12.8 Å². The van der Waals surface area contributed by atoms with Crippen molar-refractivity contribution in [2.24, 2.45) is 7.05 Å². The van der Waals surface area contributed by atoms with Crippen LogP contribution in [0.15, 0.2) is 45.7 Å². The van der Waals surface area contributed by atoms with E-state index in [0.29, 0.717) is 0 Å². The Kier molecular flexibility index (Phi) is 2.74. The highest BCUT2D eigenvalue weighted by atomic mass is 79.9. The number of rotatable bonds is 1. The maximum absolute atomic E-state index is 12.3. The summed E-state index contributed by atoms with van der Waals surface area (Å²) in [5.41, 5.74) is 3.00. The van der Waals surface area contributed by atoms with E-state index in [9.17, 15) is 4.79 Å². The molecule has 0 atom stereocenters. The molecule has 0 radical (unpaired) electrons. The molecule has 0 bridgehead atoms. The topological polar surface area (TPSA) is 26.9 Å². The van der Waals surface area contributed by atoms with E-state index < -0.39 is 0 Å². The third kappa shape index (κ3) is 1.68. The molecule has 0 spiro atoms. The van der Waals surface area contributed by atoms with Crippen molar-refractivity contribution < 1.29 is 0 Å². The van der Waals surface area contributed by atoms with Crippen molar-refractivity contribution in [3.63, 3.8) is 0 Å². The van der Waals surface area contributed by atoms with E-state index in [1.54, 1.807) is 4.57 Å². The molecule has 0 saturated heterocycles. The third-order valence-electron chi connectivity index (χ3n) is 3.30. The molecular formula is C14H13BrN2O. The van der Waals surface area contributed by atoms with Crippen LogP contribution in [0.4, 0.5) is 0 Å². The number of hydrogen-bond acceptors (Lipinski definition) is 1. The number of allylic oxidation sites excluding steroid dienone is 4. The van der Waals surface area contributed by atoms with Crippen LogP contribution in [-0.2, 0) is 7.05 Å². The first-order valence-corrected chi connectivity index (χ1v) is 6.71. The summed E-state index contributed by atoms with van der Waals surface area (Å²) in [5, 5.41) is 0. The van der Waals surface area contributed by atoms with Gasteiger partial charge in [-0.15, -0.1) is 0 Å². The predicted molar refractivity (Wildman–Crippen MR) is 77.5 cm³/mol. The summed E-state index contributed by atoms with van der Waals surface area (Å²) in [6.45, 7) is 0. The quantitative estimate of drug-likeness (QED) is 0.794. The summed E-state index contributed by atoms with van der Waals surface area (Å²) < 4.78 is 4.49. The zero-order valence-electron chi connectivity index (χ0n) is 10.1. The van der Waals surface area contributed by atoms with Gasteiger partial charge in [0, 0.05) is 17.2 Å². The van der Waals surface area contributed by atoms with Gasteiger partial charge < -0.3 is 0 Å². The van der Waals surface area contributed by atoms with Crippen LogP contribution < -0.4 is 5.69 Å². The van der Waals surface area contributed by atoms with Crippen LogP contribution in [0.2, 0.25) is 0 Å². The lowest BCUT2D eigenvalue weighted by molar-refractivity contribution is 0.831. The molecule has 1 aromatic carbocycles. The first kappa shape index (κ1) is 11.5. The van der Waals surface area contributed by atoms with E-state index in [4.69, 9.17) is 0 Å². The molecule has 1 aliphatic rings. The second-order valence-electron chi connectivity index (χ2n) is 4.43. The molecule has 2 aromatic rings. The van der Waals surface area contributed by atoms with Crippen LogP contribution in [0.5, 0.6) is 0 Å². The van der Waals surface area contributed by atoms with E-state index in [2.05, 4.69) is 22.0 Å². The van der Waals surface area contributed by atoms with Crippen molar-refractivity contribution in [3.05, 3.63) is 51.4 Å². The number of benzene rings is 1. The maximum Gasteiger partial charge on any atom is 0.333 e. The lowest BCUT2D eigenvalue weighted by atomic mass is 10.1. The van der Waals surface area contributed by atoms with E-state index >= 15 is 0 Å². The highest BCUT2D eigenvalue weighted by Crippen LogP contribution is 2.24. The first-order chi connectivity index (χ1) is 8.68. The SMILES string of the molecule is Cn1c(=O)n(C2=CC=CCC2)c2ccc(Br)cc21. The van der Waals surface area contributed by atoms with Crippen LogP contribution in [0, 0.1) is 0 Å². The normalized spacial score (nSPS) is 15.1. The molecule has 92 valence electrons. The molecule has 1 aromatic heterocycles. The Hall–Kier alpha value is -1.55. The number of halogens is 1. The molecule has 18 heavy (non-hydrogen) atoms. The number of aromatic nitrogens is 2. The lowest BCUT2D eigenvalue weighted by Crippen LogP contribution is -2.22. The summed E-state index contributed by atoms with van der Waals surface area (Å²) >= 11 is 3.45. The minimum atomic E-state index is 0.0182. The van der Waals surface area contributed by atoms with Crippen LogP contribution in [-0.4, -0.2) is 9.13 Å². The van der Waals surface area contributed by atoms with Gasteiger partial charge in [-0.1, -0.05) is 28.1 Å². The van der Waals surface area contributed by atoms with Crippen molar-refractivity contribution in [2.45, 2.75) is 12.8 Å². The summed E-state index contributed by atoms with van der Waals surface area (Å²) in [6, 6.07) is 5.93. The van der Waals surface area contributed by atoms with Gasteiger partial charge in [-0.05, 0) is 37.1 Å². The van der Waals surface area contributed by atoms with Crippen LogP contribution >= 0.6 is 15.9 Å². The number of imidazole rings is 1. The lowest BCUT2D eigenvalue weighted by Gasteiger charge is -2.10. The Balaban J connectivity index is 2.36. The van der Waals surface area contributed by atoms with E-state index in [1.165, 1.54) is 0 Å². The first-order valence-electron chi connectivity index (χ1n) is 5.91. The molecule has 0 saturated carbocycles. The zero-order chi connectivity index (χ0) is 12.7. The Morgan fingerprint density at radius 3 is 2.83 bits per heavy atom. The summed E-state index contributed by atoms with van der Waals surface area (Å²) in [4.78, 5) is 12.3. The van der Waals surface area contributed by atoms with E-state index in [-0.39, 0.29) is 5.69 Å². The van der Waals surface area contributed by atoms with Crippen molar-refractivity contribution in [1.29, 1.82) is 0 Å². The second-order valence-corrected chi connectivity index (χ2v) is 5.35. The monoisotopic (exact) mass is 304 g/mol. The molecule has 0 N–H and O–H groups in total. The molecule has 4 heteroatoms. The minimum absolute atomic E-state index is 0.0182. The average molecular weight is 305 g/mol. The van der Waals surface area contributed by atoms with Gasteiger partial charge in [0.2, 0.25) is 0 Å². The smallest absolute Gasteiger partial charge is 0.295 e. The molecule has 3 nitrogen and oxygen atoms in total. The van der Waals surface area contributed by atoms with E-state index in [1.807, 2.05) is 42.0 Å². The van der Waals surface area contributed by atoms with Gasteiger partial charge in [0.05, 0.1) is 11.0 Å². The van der Waals surface area contributed by atoms with Gasteiger partial charge in [-0.3, -0.25) is 9.13 Å². The standard InChI is InChI=1S/C14H13BrN2O/c1-16-13-9-10(15)7-8-12(13)17(14(16)18)11-5-3-2-4-6-11/h2-3,5,7-9H,4,6H2,1H3. The largest absolute Gasteiger partial charge is 0.333 e. The second kappa shape index (κ2) is 4.28. The molecule has 0 aliphatic heterocycles. The van der Waals surface area contributed by atoms with Crippen molar-refractivity contribution in [2.75, 3.05) is 0 Å². The number of aryl methyl sites for hydroxylation is 1. The average Bonchev–Trinajstić information content (AvgIpc) is 2.64. The van der Waals surface area contributed by atoms with Crippen LogP contribution in [0.3, 0.4) is 0 Å². The highest BCUT2D eigenvalue weighted by Gasteiger charge is 2.14. The van der Waals surface area contributed by atoms with Gasteiger partial charge in [0.25, 0.3) is 0 Å². The number of nitrogens with zero attached hydrogens (tertiary/aromatic N) is 2. The molecule has 0 amide bonds. The van der Waals surface area contributed by atoms with Crippen molar-refractivity contribution in [1.82, 2.24) is 9.13 Å². The Morgan fingerprint density at radius 2 is 2.11 bits per heavy atom. The van der Waals surface area contributed by atoms with Gasteiger partial charge in [0.1, 0.15) is 0 Å². The third-order valence-corrected chi connectivity index (χ3v) is 3.79. The van der Waals surface area contributed by atoms with Crippen molar-refractivity contribution in [3.8, 4) is 0 Å². The Morgan fingerprint density at radius 1 is 1.28 bits per heavy atom. The molecule has 1 aliphatic carbocycles. The fourth-order valence-electron chi connectivity index (χ4n) is 2.36. The van der Waals surface area contributed by atoms with Gasteiger partial charge >= 0.3 is 5.69 Å². The van der Waals surface area contributed by atoms with Gasteiger partial charge in [-0.25, -0.2) is 4.79 Å². The van der Waals surface area contributed by atoms with E-state index in [0.717, 1.165) is 34.0 Å². The molecule has 0 fully saturated rings. The summed E-state index contributed by atoms with van der Waals surface area (Å²) in [6.07, 6.45) is 8.06. The number of fused-ring (bicyclic) bond motifs is 1. The Labute approximate surface area is 113 Å². The zero-order valence-corrected chi connectivity index (χ0v) is 11.6. The number of hydrogen-bond donors (Lipinski definition) is 0. The van der Waals surface area contributed by atoms with Gasteiger partial charge in [0.15, 0.2) is 0 Å². The fraction of sp³-hybridized carbons (Fsp3) is 0.214. The Bertz CT molecular complexity index is 734. The fourth-order valence-corrected chi connectivity index (χ4v) is 2.71. The summed E-state index contributed by atoms with van der Waals surface area (Å²) in [7, 11) is 1.81. The minimum Gasteiger partial charge on any atom is -0.295 e. The summed E-state index contributed by atoms with van der Waals surface area (Å²) in [5.74, 6) is 0. The highest BCUT2D eigenvalue weighted by molar-refractivity contribution is 9.10. The molecular weight excluding hydrogens is 292 g/mol. The molecule has 0 unspecified atom stereocenters. The van der Waals surface area contributed by atoms with Gasteiger partial charge in [-0.2, -0.15) is 0 Å². The molecule has 1 heterocycles. The predicted octanol–water partition coefficient (Wildman–Crippen LogP) is 3.29. The maximum atomic E-state index is 12.3. The molecule has 3 rings (SSSR count).